The first kappa shape index (κ1) is 12.4. The highest BCUT2D eigenvalue weighted by Gasteiger charge is 2.23. The Bertz CT molecular complexity index is 439. The number of aryl methyl sites for hydroxylation is 1. The first-order valence-electron chi connectivity index (χ1n) is 5.83. The van der Waals surface area contributed by atoms with Crippen molar-refractivity contribution < 1.29 is 0 Å². The number of hydrogen-bond acceptors (Lipinski definition) is 3. The normalized spacial score (nSPS) is 20.1. The zero-order valence-corrected chi connectivity index (χ0v) is 11.5. The predicted molar refractivity (Wildman–Crippen MR) is 73.1 cm³/mol. The van der Waals surface area contributed by atoms with Crippen LogP contribution in [0.15, 0.2) is 22.7 Å². The number of piperazine rings is 1. The van der Waals surface area contributed by atoms with Gasteiger partial charge < -0.3 is 10.2 Å². The molecule has 4 heteroatoms. The Labute approximate surface area is 111 Å². The smallest absolute Gasteiger partial charge is 0.0643 e. The van der Waals surface area contributed by atoms with Gasteiger partial charge in [0.1, 0.15) is 0 Å². The van der Waals surface area contributed by atoms with Crippen LogP contribution in [0.1, 0.15) is 12.0 Å². The summed E-state index contributed by atoms with van der Waals surface area (Å²) in [4.78, 5) is 2.35. The Hall–Kier alpha value is -1.05. The highest BCUT2D eigenvalue weighted by Crippen LogP contribution is 2.26. The maximum Gasteiger partial charge on any atom is 0.0643 e. The lowest BCUT2D eigenvalue weighted by Crippen LogP contribution is -2.51. The largest absolute Gasteiger partial charge is 0.365 e. The van der Waals surface area contributed by atoms with Crippen LogP contribution in [-0.2, 0) is 0 Å². The van der Waals surface area contributed by atoms with Gasteiger partial charge in [0, 0.05) is 29.8 Å². The van der Waals surface area contributed by atoms with Gasteiger partial charge >= 0.3 is 0 Å². The van der Waals surface area contributed by atoms with Crippen LogP contribution in [0.4, 0.5) is 5.69 Å². The molecule has 1 saturated heterocycles. The number of benzene rings is 1. The molecule has 0 spiro atoms. The van der Waals surface area contributed by atoms with Gasteiger partial charge in [0.25, 0.3) is 0 Å². The van der Waals surface area contributed by atoms with Crippen LogP contribution in [0.2, 0.25) is 0 Å². The molecule has 0 bridgehead atoms. The van der Waals surface area contributed by atoms with E-state index in [9.17, 15) is 0 Å². The molecule has 1 aliphatic heterocycles. The molecule has 1 fully saturated rings. The van der Waals surface area contributed by atoms with E-state index in [1.807, 2.05) is 0 Å². The number of nitrogens with one attached hydrogen (secondary N) is 1. The molecule has 17 heavy (non-hydrogen) atoms. The molecule has 1 aliphatic rings. The third kappa shape index (κ3) is 2.80. The molecule has 1 unspecified atom stereocenters. The van der Waals surface area contributed by atoms with Gasteiger partial charge in [0.15, 0.2) is 0 Å². The number of nitrogens with zero attached hydrogens (tertiary/aromatic N) is 2. The summed E-state index contributed by atoms with van der Waals surface area (Å²) in [6, 6.07) is 8.89. The van der Waals surface area contributed by atoms with Gasteiger partial charge in [-0.05, 0) is 30.7 Å². The van der Waals surface area contributed by atoms with E-state index in [1.165, 1.54) is 11.3 Å². The van der Waals surface area contributed by atoms with Crippen molar-refractivity contribution in [2.75, 3.05) is 24.5 Å². The third-order valence-electron chi connectivity index (χ3n) is 3.15. The fraction of sp³-hybridized carbons (Fsp3) is 0.462. The van der Waals surface area contributed by atoms with Crippen molar-refractivity contribution in [3.63, 3.8) is 0 Å². The van der Waals surface area contributed by atoms with Crippen LogP contribution >= 0.6 is 15.9 Å². The fourth-order valence-electron chi connectivity index (χ4n) is 2.31. The van der Waals surface area contributed by atoms with Gasteiger partial charge in [0.2, 0.25) is 0 Å². The Kier molecular flexibility index (Phi) is 4.03. The molecule has 3 nitrogen and oxygen atoms in total. The Morgan fingerprint density at radius 1 is 1.59 bits per heavy atom. The highest BCUT2D eigenvalue weighted by atomic mass is 79.9. The van der Waals surface area contributed by atoms with Gasteiger partial charge in [-0.1, -0.05) is 15.9 Å². The standard InChI is InChI=1S/C13H16BrN3/c1-10-8-11(14)2-3-13(10)17-7-6-16-9-12(17)4-5-15/h2-3,8,12,16H,4,6-7,9H2,1H3. The molecule has 1 aromatic rings. The molecule has 90 valence electrons. The van der Waals surface area contributed by atoms with Gasteiger partial charge in [-0.2, -0.15) is 5.26 Å². The second-order valence-electron chi connectivity index (χ2n) is 4.34. The fourth-order valence-corrected chi connectivity index (χ4v) is 2.78. The summed E-state index contributed by atoms with van der Waals surface area (Å²) in [5.74, 6) is 0. The van der Waals surface area contributed by atoms with Crippen molar-refractivity contribution in [3.8, 4) is 6.07 Å². The average molecular weight is 294 g/mol. The van der Waals surface area contributed by atoms with E-state index in [1.54, 1.807) is 0 Å². The summed E-state index contributed by atoms with van der Waals surface area (Å²) in [5, 5.41) is 12.2. The molecule has 1 atom stereocenters. The van der Waals surface area contributed by atoms with Crippen LogP contribution in [-0.4, -0.2) is 25.7 Å². The van der Waals surface area contributed by atoms with Crippen molar-refractivity contribution in [2.24, 2.45) is 0 Å². The van der Waals surface area contributed by atoms with E-state index in [-0.39, 0.29) is 6.04 Å². The van der Waals surface area contributed by atoms with Crippen LogP contribution in [0, 0.1) is 18.3 Å². The maximum absolute atomic E-state index is 8.88. The third-order valence-corrected chi connectivity index (χ3v) is 3.64. The number of rotatable bonds is 2. The Morgan fingerprint density at radius 2 is 2.41 bits per heavy atom. The number of anilines is 1. The molecule has 0 amide bonds. The Balaban J connectivity index is 2.26. The summed E-state index contributed by atoms with van der Waals surface area (Å²) in [6.07, 6.45) is 0.572. The van der Waals surface area contributed by atoms with Crippen molar-refractivity contribution in [3.05, 3.63) is 28.2 Å². The maximum atomic E-state index is 8.88. The first-order valence-corrected chi connectivity index (χ1v) is 6.62. The van der Waals surface area contributed by atoms with Crippen LogP contribution in [0.5, 0.6) is 0 Å². The molecule has 0 aliphatic carbocycles. The predicted octanol–water partition coefficient (Wildman–Crippen LogP) is 2.45. The zero-order chi connectivity index (χ0) is 12.3. The van der Waals surface area contributed by atoms with Gasteiger partial charge in [0.05, 0.1) is 18.5 Å². The monoisotopic (exact) mass is 293 g/mol. The molecule has 1 heterocycles. The Morgan fingerprint density at radius 3 is 3.12 bits per heavy atom. The SMILES string of the molecule is Cc1cc(Br)ccc1N1CCNCC1CC#N. The summed E-state index contributed by atoms with van der Waals surface area (Å²) >= 11 is 3.48. The van der Waals surface area contributed by atoms with Crippen molar-refractivity contribution in [1.29, 1.82) is 5.26 Å². The van der Waals surface area contributed by atoms with Gasteiger partial charge in [-0.3, -0.25) is 0 Å². The molecular weight excluding hydrogens is 278 g/mol. The summed E-state index contributed by atoms with van der Waals surface area (Å²) < 4.78 is 1.10. The lowest BCUT2D eigenvalue weighted by molar-refractivity contribution is 0.480. The molecule has 2 rings (SSSR count). The lowest BCUT2D eigenvalue weighted by atomic mass is 10.1. The van der Waals surface area contributed by atoms with Gasteiger partial charge in [-0.15, -0.1) is 0 Å². The average Bonchev–Trinajstić information content (AvgIpc) is 2.31. The van der Waals surface area contributed by atoms with Crippen molar-refractivity contribution in [1.82, 2.24) is 5.32 Å². The van der Waals surface area contributed by atoms with Crippen LogP contribution < -0.4 is 10.2 Å². The number of nitriles is 1. The van der Waals surface area contributed by atoms with Gasteiger partial charge in [-0.25, -0.2) is 0 Å². The molecule has 1 aromatic carbocycles. The molecular formula is C13H16BrN3. The molecule has 0 radical (unpaired) electrons. The lowest BCUT2D eigenvalue weighted by Gasteiger charge is -2.37. The van der Waals surface area contributed by atoms with E-state index in [4.69, 9.17) is 5.26 Å². The van der Waals surface area contributed by atoms with E-state index in [2.05, 4.69) is 57.3 Å². The minimum absolute atomic E-state index is 0.286. The molecule has 0 saturated carbocycles. The quantitative estimate of drug-likeness (QED) is 0.910. The van der Waals surface area contributed by atoms with E-state index in [0.29, 0.717) is 6.42 Å². The first-order chi connectivity index (χ1) is 8.22. The van der Waals surface area contributed by atoms with E-state index >= 15 is 0 Å². The van der Waals surface area contributed by atoms with Crippen LogP contribution in [0.3, 0.4) is 0 Å². The highest BCUT2D eigenvalue weighted by molar-refractivity contribution is 9.10. The minimum atomic E-state index is 0.286. The number of halogens is 1. The molecule has 0 aromatic heterocycles. The van der Waals surface area contributed by atoms with Crippen LogP contribution in [0.25, 0.3) is 0 Å². The zero-order valence-electron chi connectivity index (χ0n) is 9.91. The summed E-state index contributed by atoms with van der Waals surface area (Å²) in [5.41, 5.74) is 2.50. The second-order valence-corrected chi connectivity index (χ2v) is 5.26. The van der Waals surface area contributed by atoms with E-state index < -0.39 is 0 Å². The topological polar surface area (TPSA) is 39.1 Å². The number of hydrogen-bond donors (Lipinski definition) is 1. The van der Waals surface area contributed by atoms with Crippen molar-refractivity contribution >= 4 is 21.6 Å². The second kappa shape index (κ2) is 5.52. The molecule has 1 N–H and O–H groups in total. The van der Waals surface area contributed by atoms with Crippen molar-refractivity contribution in [2.45, 2.75) is 19.4 Å². The minimum Gasteiger partial charge on any atom is -0.365 e. The summed E-state index contributed by atoms with van der Waals surface area (Å²) in [6.45, 7) is 4.96. The summed E-state index contributed by atoms with van der Waals surface area (Å²) in [7, 11) is 0. The van der Waals surface area contributed by atoms with E-state index in [0.717, 1.165) is 24.1 Å².